The van der Waals surface area contributed by atoms with Crippen molar-refractivity contribution < 1.29 is 88.0 Å². The first kappa shape index (κ1) is 60.7. The van der Waals surface area contributed by atoms with E-state index in [9.17, 15) is 50.1 Å². The summed E-state index contributed by atoms with van der Waals surface area (Å²) in [6.07, 6.45) is -5.45. The number of cyclic esters (lactones) is 1. The van der Waals surface area contributed by atoms with Crippen LogP contribution in [0.2, 0.25) is 10.0 Å². The number of phenols is 2. The van der Waals surface area contributed by atoms with Crippen LogP contribution in [-0.2, 0) is 53.9 Å². The lowest BCUT2D eigenvalue weighted by Crippen LogP contribution is -2.64. The molecule has 2 fully saturated rings. The number of hydrogen-bond acceptors (Lipinski definition) is 18. The normalized spacial score (nSPS) is 34.8. The molecule has 72 heavy (non-hydrogen) atoms. The highest BCUT2D eigenvalue weighted by Gasteiger charge is 2.53. The molecule has 0 aromatic heterocycles. The third-order valence-corrected chi connectivity index (χ3v) is 13.8. The molecule has 0 aliphatic carbocycles. The van der Waals surface area contributed by atoms with Crippen LogP contribution in [0, 0.1) is 11.8 Å². The van der Waals surface area contributed by atoms with Gasteiger partial charge < -0.3 is 73.6 Å². The number of carbonyl (C=O) groups is 3. The molecule has 0 amide bonds. The molecule has 2 saturated heterocycles. The molecule has 1 aromatic rings. The Hall–Kier alpha value is -3.89. The van der Waals surface area contributed by atoms with E-state index in [1.54, 1.807) is 53.7 Å². The Kier molecular flexibility index (Phi) is 22.4. The van der Waals surface area contributed by atoms with Gasteiger partial charge in [0.15, 0.2) is 36.3 Å². The molecule has 3 aliphatic rings. The number of ether oxygens (including phenoxy) is 8. The fraction of sp³-hybridized carbons (Fsp3) is 0.635. The third-order valence-electron chi connectivity index (χ3n) is 13.0. The second-order valence-electron chi connectivity index (χ2n) is 19.4. The average Bonchev–Trinajstić information content (AvgIpc) is 3.32. The summed E-state index contributed by atoms with van der Waals surface area (Å²) in [6, 6.07) is 0. The van der Waals surface area contributed by atoms with E-state index in [4.69, 9.17) is 61.1 Å². The van der Waals surface area contributed by atoms with Crippen molar-refractivity contribution in [3.05, 3.63) is 79.9 Å². The predicted octanol–water partition coefficient (Wildman–Crippen LogP) is 6.23. The highest BCUT2D eigenvalue weighted by molar-refractivity contribution is 6.39. The van der Waals surface area contributed by atoms with E-state index in [2.05, 4.69) is 0 Å². The fourth-order valence-corrected chi connectivity index (χ4v) is 9.16. The van der Waals surface area contributed by atoms with E-state index in [0.717, 1.165) is 0 Å². The molecule has 18 nitrogen and oxygen atoms in total. The predicted molar refractivity (Wildman–Crippen MR) is 265 cm³/mol. The van der Waals surface area contributed by atoms with Gasteiger partial charge in [-0.05, 0) is 90.5 Å². The van der Waals surface area contributed by atoms with Gasteiger partial charge in [-0.2, -0.15) is 0 Å². The minimum atomic E-state index is -1.61. The van der Waals surface area contributed by atoms with Crippen LogP contribution in [0.4, 0.5) is 0 Å². The Balaban J connectivity index is 1.61. The summed E-state index contributed by atoms with van der Waals surface area (Å²) in [7, 11) is 1.26. The molecular weight excluding hydrogens is 983 g/mol. The lowest BCUT2D eigenvalue weighted by atomic mass is 9.88. The summed E-state index contributed by atoms with van der Waals surface area (Å²) < 4.78 is 47.5. The first-order valence-corrected chi connectivity index (χ1v) is 24.9. The van der Waals surface area contributed by atoms with Crippen molar-refractivity contribution in [2.45, 2.75) is 187 Å². The summed E-state index contributed by atoms with van der Waals surface area (Å²) in [5.41, 5.74) is 0.318. The minimum absolute atomic E-state index is 0.0372. The number of esters is 3. The first-order chi connectivity index (χ1) is 33.7. The van der Waals surface area contributed by atoms with E-state index in [1.165, 1.54) is 33.1 Å². The van der Waals surface area contributed by atoms with Crippen molar-refractivity contribution in [2.24, 2.45) is 11.8 Å². The molecule has 14 atom stereocenters. The molecule has 3 heterocycles. The smallest absolute Gasteiger partial charge is 0.342 e. The lowest BCUT2D eigenvalue weighted by Gasteiger charge is -2.47. The summed E-state index contributed by atoms with van der Waals surface area (Å²) in [5.74, 6) is -4.78. The SMILES string of the molecule is CCc1c(Cl)c(O)c(Cl)c(O)c1C(=O)O[C@H]1[C@H](O)[C@H](OC)[C@H](OC/C2=C\C=C/CC(O)/C(C)=C/C(CC)C(O[C@@H]3OC(C)(C)[C@@H](OC(=O)C(C)C)[C@H](O)[C@@H]3O)/C(C)=C/C(C)=C/CC([C@H](C)O)OC2=O)O[C@@H]1C. The number of rotatable bonds is 13. The van der Waals surface area contributed by atoms with Crippen LogP contribution in [0.25, 0.3) is 0 Å². The number of benzene rings is 1. The van der Waals surface area contributed by atoms with Gasteiger partial charge in [0.25, 0.3) is 0 Å². The maximum atomic E-state index is 13.9. The van der Waals surface area contributed by atoms with Crippen LogP contribution in [0.1, 0.15) is 111 Å². The van der Waals surface area contributed by atoms with Gasteiger partial charge in [0, 0.05) is 19.4 Å². The van der Waals surface area contributed by atoms with Crippen LogP contribution >= 0.6 is 23.2 Å². The van der Waals surface area contributed by atoms with Crippen LogP contribution < -0.4 is 0 Å². The highest BCUT2D eigenvalue weighted by Crippen LogP contribution is 2.45. The summed E-state index contributed by atoms with van der Waals surface area (Å²) in [6.45, 7) is 18.1. The summed E-state index contributed by atoms with van der Waals surface area (Å²) in [4.78, 5) is 40.0. The van der Waals surface area contributed by atoms with Crippen molar-refractivity contribution in [2.75, 3.05) is 13.7 Å². The molecule has 1 aromatic carbocycles. The maximum Gasteiger partial charge on any atom is 0.342 e. The molecular formula is C52H74Cl2O18. The largest absolute Gasteiger partial charge is 0.505 e. The number of halogens is 2. The molecule has 4 unspecified atom stereocenters. The minimum Gasteiger partial charge on any atom is -0.505 e. The molecule has 0 radical (unpaired) electrons. The monoisotopic (exact) mass is 1060 g/mol. The Morgan fingerprint density at radius 2 is 1.57 bits per heavy atom. The van der Waals surface area contributed by atoms with Crippen LogP contribution in [0.5, 0.6) is 11.5 Å². The van der Waals surface area contributed by atoms with Gasteiger partial charge in [-0.25, -0.2) is 9.59 Å². The summed E-state index contributed by atoms with van der Waals surface area (Å²) >= 11 is 12.3. The Bertz CT molecular complexity index is 2220. The molecule has 0 saturated carbocycles. The van der Waals surface area contributed by atoms with Crippen LogP contribution in [0.15, 0.2) is 58.7 Å². The third kappa shape index (κ3) is 14.7. The second kappa shape index (κ2) is 26.5. The van der Waals surface area contributed by atoms with Crippen LogP contribution in [-0.4, -0.2) is 153 Å². The second-order valence-corrected chi connectivity index (χ2v) is 20.1. The zero-order chi connectivity index (χ0) is 54.1. The standard InChI is InChI=1S/C52H74Cl2O18/c1-13-30-22-26(6)33(56)18-16-15-17-31(23-66-51-45(65-12)42(61)44(29(9)67-51)69-49(64)35-32(14-2)36(53)39(58)37(54)38(35)57)48(63)68-34(28(8)55)20-19-25(5)21-27(7)43(30)70-50-41(60)40(59)46(52(10,11)72-50)71-47(62)24(3)4/h15-17,19,21-22,24,28-30,33-34,40-46,50-51,55-61H,13-14,18,20,23H2,1-12H3/b16-15-,25-19+,26-22+,27-21+,31-17+/t28-,29+,30?,33?,34?,40+,41-,42-,43?,44+,45-,46-,50+,51+/m0/s1. The molecule has 0 spiro atoms. The Labute approximate surface area is 431 Å². The van der Waals surface area contributed by atoms with Gasteiger partial charge in [-0.1, -0.05) is 86.9 Å². The van der Waals surface area contributed by atoms with Crippen molar-refractivity contribution in [1.29, 1.82) is 0 Å². The quantitative estimate of drug-likeness (QED) is 0.0655. The molecule has 20 heteroatoms. The van der Waals surface area contributed by atoms with Gasteiger partial charge in [-0.15, -0.1) is 0 Å². The number of phenolic OH excluding ortho intramolecular Hbond substituents is 2. The lowest BCUT2D eigenvalue weighted by molar-refractivity contribution is -0.333. The van der Waals surface area contributed by atoms with Crippen molar-refractivity contribution in [1.82, 2.24) is 0 Å². The summed E-state index contributed by atoms with van der Waals surface area (Å²) in [5, 5.41) is 76.5. The number of aromatic hydroxyl groups is 2. The molecule has 404 valence electrons. The fourth-order valence-electron chi connectivity index (χ4n) is 8.60. The zero-order valence-corrected chi connectivity index (χ0v) is 44.5. The van der Waals surface area contributed by atoms with E-state index >= 15 is 0 Å². The number of allylic oxidation sites excluding steroid dienone is 4. The van der Waals surface area contributed by atoms with Crippen molar-refractivity contribution in [3.63, 3.8) is 0 Å². The van der Waals surface area contributed by atoms with Crippen molar-refractivity contribution in [3.8, 4) is 11.5 Å². The van der Waals surface area contributed by atoms with Gasteiger partial charge >= 0.3 is 17.9 Å². The van der Waals surface area contributed by atoms with Gasteiger partial charge in [0.1, 0.15) is 46.7 Å². The molecule has 0 bridgehead atoms. The maximum absolute atomic E-state index is 13.9. The number of carbonyl (C=O) groups excluding carboxylic acids is 3. The average molecular weight is 1060 g/mol. The molecule has 7 N–H and O–H groups in total. The Morgan fingerprint density at radius 3 is 2.17 bits per heavy atom. The number of methoxy groups -OCH3 is 1. The molecule has 3 aliphatic heterocycles. The van der Waals surface area contributed by atoms with Gasteiger partial charge in [0.2, 0.25) is 0 Å². The first-order valence-electron chi connectivity index (χ1n) is 24.2. The van der Waals surface area contributed by atoms with Gasteiger partial charge in [-0.3, -0.25) is 4.79 Å². The number of aliphatic hydroxyl groups excluding tert-OH is 5. The van der Waals surface area contributed by atoms with E-state index in [-0.39, 0.29) is 35.4 Å². The molecule has 4 rings (SSSR count). The number of aliphatic hydroxyl groups is 5. The van der Waals surface area contributed by atoms with Crippen LogP contribution in [0.3, 0.4) is 0 Å². The topological polar surface area (TPSA) is 267 Å². The zero-order valence-electron chi connectivity index (χ0n) is 43.0. The van der Waals surface area contributed by atoms with E-state index < -0.39 is 144 Å². The highest BCUT2D eigenvalue weighted by atomic mass is 35.5. The van der Waals surface area contributed by atoms with E-state index in [1.807, 2.05) is 32.9 Å². The van der Waals surface area contributed by atoms with E-state index in [0.29, 0.717) is 23.1 Å². The number of hydrogen-bond donors (Lipinski definition) is 7. The van der Waals surface area contributed by atoms with Gasteiger partial charge in [0.05, 0.1) is 47.5 Å². The van der Waals surface area contributed by atoms with Crippen molar-refractivity contribution >= 4 is 41.1 Å². The Morgan fingerprint density at radius 1 is 0.903 bits per heavy atom.